The second-order valence-electron chi connectivity index (χ2n) is 6.04. The van der Waals surface area contributed by atoms with E-state index >= 15 is 0 Å². The fourth-order valence-electron chi connectivity index (χ4n) is 2.56. The van der Waals surface area contributed by atoms with Gasteiger partial charge in [0.15, 0.2) is 5.96 Å². The molecule has 2 N–H and O–H groups in total. The Hall–Kier alpha value is -2.96. The number of methoxy groups -OCH3 is 2. The van der Waals surface area contributed by atoms with Gasteiger partial charge in [0, 0.05) is 36.5 Å². The van der Waals surface area contributed by atoms with E-state index in [1.54, 1.807) is 20.4 Å². The SMILES string of the molecule is CCCOc1ncccc1CN=C(NCC)NCc1ccc(OC)cc1OC. The summed E-state index contributed by atoms with van der Waals surface area (Å²) in [6.45, 7) is 6.56. The minimum absolute atomic E-state index is 0.474. The molecule has 7 nitrogen and oxygen atoms in total. The van der Waals surface area contributed by atoms with Gasteiger partial charge in [-0.3, -0.25) is 0 Å². The number of pyridine rings is 1. The van der Waals surface area contributed by atoms with E-state index in [-0.39, 0.29) is 0 Å². The maximum absolute atomic E-state index is 5.71. The molecular weight excluding hydrogens is 356 g/mol. The fourth-order valence-corrected chi connectivity index (χ4v) is 2.56. The van der Waals surface area contributed by atoms with E-state index < -0.39 is 0 Å². The van der Waals surface area contributed by atoms with Gasteiger partial charge >= 0.3 is 0 Å². The predicted octanol–water partition coefficient (Wildman–Crippen LogP) is 3.14. The summed E-state index contributed by atoms with van der Waals surface area (Å²) in [6.07, 6.45) is 2.67. The third kappa shape index (κ3) is 6.33. The summed E-state index contributed by atoms with van der Waals surface area (Å²) in [7, 11) is 3.29. The molecule has 0 saturated heterocycles. The van der Waals surface area contributed by atoms with Crippen LogP contribution in [0.15, 0.2) is 41.5 Å². The minimum Gasteiger partial charge on any atom is -0.497 e. The van der Waals surface area contributed by atoms with Gasteiger partial charge in [0.25, 0.3) is 0 Å². The number of ether oxygens (including phenoxy) is 3. The van der Waals surface area contributed by atoms with Crippen LogP contribution in [0.4, 0.5) is 0 Å². The number of nitrogens with zero attached hydrogens (tertiary/aromatic N) is 2. The first-order chi connectivity index (χ1) is 13.7. The van der Waals surface area contributed by atoms with Crippen LogP contribution in [-0.2, 0) is 13.1 Å². The number of hydrogen-bond donors (Lipinski definition) is 2. The monoisotopic (exact) mass is 386 g/mol. The topological polar surface area (TPSA) is 77.0 Å². The molecule has 2 aromatic rings. The zero-order chi connectivity index (χ0) is 20.2. The average Bonchev–Trinajstić information content (AvgIpc) is 2.74. The van der Waals surface area contributed by atoms with Gasteiger partial charge in [-0.2, -0.15) is 0 Å². The van der Waals surface area contributed by atoms with Crippen molar-refractivity contribution < 1.29 is 14.2 Å². The number of guanidine groups is 1. The van der Waals surface area contributed by atoms with Crippen LogP contribution in [0.25, 0.3) is 0 Å². The molecule has 0 saturated carbocycles. The first-order valence-electron chi connectivity index (χ1n) is 9.51. The van der Waals surface area contributed by atoms with Gasteiger partial charge < -0.3 is 24.8 Å². The van der Waals surface area contributed by atoms with Crippen LogP contribution in [0.5, 0.6) is 17.4 Å². The van der Waals surface area contributed by atoms with Crippen LogP contribution in [0.1, 0.15) is 31.4 Å². The van der Waals surface area contributed by atoms with Crippen LogP contribution >= 0.6 is 0 Å². The average molecular weight is 386 g/mol. The number of aliphatic imine (C=N–C) groups is 1. The molecule has 152 valence electrons. The molecule has 1 heterocycles. The standard InChI is InChI=1S/C21H30N4O3/c1-5-12-28-20-17(8-7-11-23-20)15-25-21(22-6-2)24-14-16-9-10-18(26-3)13-19(16)27-4/h7-11,13H,5-6,12,14-15H2,1-4H3,(H2,22,24,25). The molecule has 1 aromatic heterocycles. The fraction of sp³-hybridized carbons (Fsp3) is 0.429. The predicted molar refractivity (Wildman–Crippen MR) is 111 cm³/mol. The zero-order valence-corrected chi connectivity index (χ0v) is 17.1. The summed E-state index contributed by atoms with van der Waals surface area (Å²) in [4.78, 5) is 8.98. The number of aromatic nitrogens is 1. The van der Waals surface area contributed by atoms with E-state index in [0.29, 0.717) is 31.5 Å². The number of benzene rings is 1. The summed E-state index contributed by atoms with van der Waals surface area (Å²) < 4.78 is 16.4. The van der Waals surface area contributed by atoms with E-state index in [2.05, 4.69) is 27.5 Å². The first-order valence-corrected chi connectivity index (χ1v) is 9.51. The molecular formula is C21H30N4O3. The third-order valence-electron chi connectivity index (χ3n) is 3.99. The van der Waals surface area contributed by atoms with E-state index in [4.69, 9.17) is 14.2 Å². The van der Waals surface area contributed by atoms with E-state index in [0.717, 1.165) is 35.6 Å². The highest BCUT2D eigenvalue weighted by atomic mass is 16.5. The Bertz CT molecular complexity index is 765. The molecule has 0 unspecified atom stereocenters. The summed E-state index contributed by atoms with van der Waals surface area (Å²) in [5, 5.41) is 6.60. The Morgan fingerprint density at radius 1 is 1.07 bits per heavy atom. The van der Waals surface area contributed by atoms with E-state index in [9.17, 15) is 0 Å². The van der Waals surface area contributed by atoms with Crippen molar-refractivity contribution in [3.63, 3.8) is 0 Å². The molecule has 0 aliphatic carbocycles. The first kappa shape index (κ1) is 21.3. The van der Waals surface area contributed by atoms with Crippen LogP contribution in [0, 0.1) is 0 Å². The molecule has 0 radical (unpaired) electrons. The molecule has 2 rings (SSSR count). The lowest BCUT2D eigenvalue weighted by molar-refractivity contribution is 0.302. The molecule has 0 atom stereocenters. The lowest BCUT2D eigenvalue weighted by Gasteiger charge is -2.14. The van der Waals surface area contributed by atoms with Crippen molar-refractivity contribution in [2.24, 2.45) is 4.99 Å². The highest BCUT2D eigenvalue weighted by Gasteiger charge is 2.08. The summed E-state index contributed by atoms with van der Waals surface area (Å²) in [5.41, 5.74) is 1.97. The van der Waals surface area contributed by atoms with Crippen LogP contribution in [0.2, 0.25) is 0 Å². The minimum atomic E-state index is 0.474. The van der Waals surface area contributed by atoms with Crippen molar-refractivity contribution >= 4 is 5.96 Å². The highest BCUT2D eigenvalue weighted by molar-refractivity contribution is 5.79. The Morgan fingerprint density at radius 2 is 1.93 bits per heavy atom. The lowest BCUT2D eigenvalue weighted by Crippen LogP contribution is -2.36. The molecule has 0 aliphatic rings. The molecule has 0 spiro atoms. The quantitative estimate of drug-likeness (QED) is 0.483. The number of nitrogens with one attached hydrogen (secondary N) is 2. The van der Waals surface area contributed by atoms with Gasteiger partial charge in [-0.15, -0.1) is 0 Å². The molecule has 7 heteroatoms. The maximum atomic E-state index is 5.71. The number of rotatable bonds is 10. The van der Waals surface area contributed by atoms with Gasteiger partial charge in [-0.25, -0.2) is 9.98 Å². The highest BCUT2D eigenvalue weighted by Crippen LogP contribution is 2.24. The van der Waals surface area contributed by atoms with Gasteiger partial charge in [0.05, 0.1) is 27.4 Å². The van der Waals surface area contributed by atoms with Crippen molar-refractivity contribution in [3.8, 4) is 17.4 Å². The Balaban J connectivity index is 2.07. The van der Waals surface area contributed by atoms with Crippen molar-refractivity contribution in [1.29, 1.82) is 0 Å². The van der Waals surface area contributed by atoms with Crippen molar-refractivity contribution in [2.45, 2.75) is 33.4 Å². The lowest BCUT2D eigenvalue weighted by atomic mass is 10.2. The molecule has 28 heavy (non-hydrogen) atoms. The Morgan fingerprint density at radius 3 is 2.64 bits per heavy atom. The summed E-state index contributed by atoms with van der Waals surface area (Å²) in [5.74, 6) is 2.88. The normalized spacial score (nSPS) is 11.1. The zero-order valence-electron chi connectivity index (χ0n) is 17.1. The summed E-state index contributed by atoms with van der Waals surface area (Å²) in [6, 6.07) is 9.64. The largest absolute Gasteiger partial charge is 0.497 e. The van der Waals surface area contributed by atoms with Gasteiger partial charge in [0.2, 0.25) is 5.88 Å². The number of hydrogen-bond acceptors (Lipinski definition) is 5. The van der Waals surface area contributed by atoms with Crippen molar-refractivity contribution in [2.75, 3.05) is 27.4 Å². The summed E-state index contributed by atoms with van der Waals surface area (Å²) >= 11 is 0. The van der Waals surface area contributed by atoms with E-state index in [1.165, 1.54) is 0 Å². The van der Waals surface area contributed by atoms with Gasteiger partial charge in [-0.1, -0.05) is 13.0 Å². The molecule has 1 aromatic carbocycles. The van der Waals surface area contributed by atoms with E-state index in [1.807, 2.05) is 37.3 Å². The molecule has 0 fully saturated rings. The van der Waals surface area contributed by atoms with Gasteiger partial charge in [-0.05, 0) is 31.5 Å². The maximum Gasteiger partial charge on any atom is 0.218 e. The van der Waals surface area contributed by atoms with Crippen molar-refractivity contribution in [3.05, 3.63) is 47.7 Å². The Labute approximate surface area is 167 Å². The van der Waals surface area contributed by atoms with Crippen LogP contribution in [0.3, 0.4) is 0 Å². The molecule has 0 bridgehead atoms. The van der Waals surface area contributed by atoms with Crippen molar-refractivity contribution in [1.82, 2.24) is 15.6 Å². The molecule has 0 aliphatic heterocycles. The van der Waals surface area contributed by atoms with Gasteiger partial charge in [0.1, 0.15) is 11.5 Å². The Kier molecular flexibility index (Phi) is 8.91. The smallest absolute Gasteiger partial charge is 0.218 e. The second-order valence-corrected chi connectivity index (χ2v) is 6.04. The van der Waals surface area contributed by atoms with Crippen LogP contribution < -0.4 is 24.8 Å². The molecule has 0 amide bonds. The third-order valence-corrected chi connectivity index (χ3v) is 3.99. The van der Waals surface area contributed by atoms with Crippen LogP contribution in [-0.4, -0.2) is 38.3 Å². The second kappa shape index (κ2) is 11.7.